The number of hydrogen-bond donors (Lipinski definition) is 0. The van der Waals surface area contributed by atoms with Crippen molar-refractivity contribution in [2.75, 3.05) is 4.90 Å². The van der Waals surface area contributed by atoms with Crippen molar-refractivity contribution in [2.24, 2.45) is 0 Å². The molecule has 0 aliphatic carbocycles. The molecule has 11 aromatic carbocycles. The Balaban J connectivity index is 1.12. The van der Waals surface area contributed by atoms with Crippen LogP contribution in [0.4, 0.5) is 17.1 Å². The summed E-state index contributed by atoms with van der Waals surface area (Å²) in [5, 5.41) is 4.01. The van der Waals surface area contributed by atoms with Gasteiger partial charge in [-0.2, -0.15) is 0 Å². The molecule has 63 heavy (non-hydrogen) atoms. The van der Waals surface area contributed by atoms with Crippen molar-refractivity contribution in [1.82, 2.24) is 0 Å². The Bertz CT molecular complexity index is 3780. The monoisotopic (exact) mass is 809 g/mol. The second-order valence-electron chi connectivity index (χ2n) is 15.5. The molecule has 0 heterocycles. The Labute approximate surface area is 380 Å². The molecule has 0 saturated heterocycles. The predicted molar refractivity (Wildman–Crippen MR) is 269 cm³/mol. The van der Waals surface area contributed by atoms with Crippen molar-refractivity contribution >= 4 is 38.6 Å². The lowest BCUT2D eigenvalue weighted by molar-refractivity contribution is 1.28. The number of fused-ring (bicyclic) bond motifs is 2. The summed E-state index contributed by atoms with van der Waals surface area (Å²) in [6.45, 7) is 0. The van der Waals surface area contributed by atoms with E-state index in [-0.39, 0.29) is 46.7 Å². The van der Waals surface area contributed by atoms with E-state index in [1.807, 2.05) is 182 Å². The minimum absolute atomic E-state index is 0.0896. The molecule has 0 radical (unpaired) electrons. The quantitative estimate of drug-likeness (QED) is 0.140. The first-order valence-corrected chi connectivity index (χ1v) is 21.0. The second-order valence-corrected chi connectivity index (χ2v) is 15.5. The van der Waals surface area contributed by atoms with Gasteiger partial charge in [-0.3, -0.25) is 0 Å². The first kappa shape index (κ1) is 29.9. The van der Waals surface area contributed by atoms with Gasteiger partial charge >= 0.3 is 0 Å². The third-order valence-corrected chi connectivity index (χ3v) is 11.6. The fraction of sp³-hybridized carbons (Fsp3) is 0. The summed E-state index contributed by atoms with van der Waals surface area (Å²) >= 11 is 0. The minimum Gasteiger partial charge on any atom is -0.311 e. The van der Waals surface area contributed by atoms with Crippen LogP contribution in [0.2, 0.25) is 0 Å². The van der Waals surface area contributed by atoms with Gasteiger partial charge < -0.3 is 4.90 Å². The normalized spacial score (nSPS) is 13.0. The average molecular weight is 810 g/mol. The molecule has 0 N–H and O–H groups in total. The summed E-state index contributed by atoms with van der Waals surface area (Å²) in [5.41, 5.74) is 8.22. The fourth-order valence-electron chi connectivity index (χ4n) is 8.48. The van der Waals surface area contributed by atoms with E-state index in [0.29, 0.717) is 16.8 Å². The molecule has 11 aromatic rings. The molecule has 0 bridgehead atoms. The van der Waals surface area contributed by atoms with Crippen LogP contribution >= 0.6 is 0 Å². The zero-order valence-electron chi connectivity index (χ0n) is 42.2. The van der Waals surface area contributed by atoms with E-state index in [9.17, 15) is 11.0 Å². The van der Waals surface area contributed by atoms with Crippen molar-refractivity contribution in [3.63, 3.8) is 0 Å². The molecule has 0 amide bonds. The van der Waals surface area contributed by atoms with Crippen LogP contribution in [-0.4, -0.2) is 0 Å². The average Bonchev–Trinajstić information content (AvgIpc) is 3.42. The smallest absolute Gasteiger partial charge is 0.0645 e. The molecule has 0 unspecified atom stereocenters. The molecule has 0 saturated carbocycles. The lowest BCUT2D eigenvalue weighted by atomic mass is 9.90. The Morgan fingerprint density at radius 2 is 0.730 bits per heavy atom. The maximum Gasteiger partial charge on any atom is 0.0645 e. The molecular formula is C62H43N. The van der Waals surface area contributed by atoms with Crippen molar-refractivity contribution in [1.29, 1.82) is 0 Å². The fourth-order valence-corrected chi connectivity index (χ4v) is 8.48. The molecule has 0 spiro atoms. The standard InChI is InChI=1S/C62H43N/c1-4-15-47(16-5-1)58-40-33-54(43-61(58)48-17-6-2-7-18-48)46-28-36-56(37-29-46)63(55-34-26-45(27-35-55)53-25-24-44-14-10-11-22-52(44)42-53)57-38-30-50(31-39-57)60-41-32-49-19-12-13-23-59(49)62(60)51-20-8-3-9-21-51/h1-43H/i28D,29D,30D,31D,36D,37D,38D,39D. The number of benzene rings is 11. The van der Waals surface area contributed by atoms with Crippen LogP contribution < -0.4 is 4.90 Å². The Hall–Kier alpha value is -8.26. The van der Waals surface area contributed by atoms with E-state index in [4.69, 9.17) is 0 Å². The van der Waals surface area contributed by atoms with Crippen LogP contribution in [-0.2, 0) is 0 Å². The van der Waals surface area contributed by atoms with E-state index in [1.54, 1.807) is 12.1 Å². The van der Waals surface area contributed by atoms with E-state index in [2.05, 4.69) is 18.2 Å². The molecule has 296 valence electrons. The largest absolute Gasteiger partial charge is 0.311 e. The van der Waals surface area contributed by atoms with E-state index >= 15 is 0 Å². The maximum atomic E-state index is 9.82. The lowest BCUT2D eigenvalue weighted by Crippen LogP contribution is -2.09. The summed E-state index contributed by atoms with van der Waals surface area (Å²) in [6.07, 6.45) is 0. The first-order chi connectivity index (χ1) is 34.6. The number of anilines is 3. The highest BCUT2D eigenvalue weighted by molar-refractivity contribution is 6.04. The minimum atomic E-state index is -0.408. The number of nitrogens with zero attached hydrogens (tertiary/aromatic N) is 1. The van der Waals surface area contributed by atoms with Crippen molar-refractivity contribution in [3.8, 4) is 66.8 Å². The van der Waals surface area contributed by atoms with Gasteiger partial charge in [0.15, 0.2) is 0 Å². The van der Waals surface area contributed by atoms with Gasteiger partial charge in [0.2, 0.25) is 0 Å². The molecule has 1 heteroatoms. The summed E-state index contributed by atoms with van der Waals surface area (Å²) in [6, 6.07) is 65.4. The zero-order valence-corrected chi connectivity index (χ0v) is 34.2. The molecule has 1 nitrogen and oxygen atoms in total. The van der Waals surface area contributed by atoms with Crippen LogP contribution in [0.25, 0.3) is 88.3 Å². The maximum absolute atomic E-state index is 9.82. The van der Waals surface area contributed by atoms with Gasteiger partial charge in [-0.15, -0.1) is 0 Å². The van der Waals surface area contributed by atoms with E-state index in [0.717, 1.165) is 66.1 Å². The van der Waals surface area contributed by atoms with Crippen LogP contribution in [0, 0.1) is 0 Å². The van der Waals surface area contributed by atoms with Crippen LogP contribution in [0.3, 0.4) is 0 Å². The van der Waals surface area contributed by atoms with Crippen molar-refractivity contribution < 1.29 is 11.0 Å². The molecule has 0 fully saturated rings. The summed E-state index contributed by atoms with van der Waals surface area (Å²) in [5.74, 6) is 0. The van der Waals surface area contributed by atoms with Gasteiger partial charge in [0, 0.05) is 17.1 Å². The lowest BCUT2D eigenvalue weighted by Gasteiger charge is -2.26. The highest BCUT2D eigenvalue weighted by Gasteiger charge is 2.17. The molecule has 11 rings (SSSR count). The van der Waals surface area contributed by atoms with Crippen LogP contribution in [0.15, 0.2) is 261 Å². The first-order valence-electron chi connectivity index (χ1n) is 25.0. The third kappa shape index (κ3) is 7.47. The van der Waals surface area contributed by atoms with Crippen molar-refractivity contribution in [2.45, 2.75) is 0 Å². The van der Waals surface area contributed by atoms with Gasteiger partial charge in [0.1, 0.15) is 0 Å². The van der Waals surface area contributed by atoms with Crippen LogP contribution in [0.1, 0.15) is 11.0 Å². The van der Waals surface area contributed by atoms with Crippen LogP contribution in [0.5, 0.6) is 0 Å². The van der Waals surface area contributed by atoms with Crippen molar-refractivity contribution in [3.05, 3.63) is 261 Å². The summed E-state index contributed by atoms with van der Waals surface area (Å²) < 4.78 is 78.0. The Kier molecular flexibility index (Phi) is 7.90. The highest BCUT2D eigenvalue weighted by atomic mass is 15.1. The van der Waals surface area contributed by atoms with Gasteiger partial charge in [0.05, 0.1) is 11.0 Å². The molecule has 0 aliphatic rings. The van der Waals surface area contributed by atoms with Gasteiger partial charge in [0.25, 0.3) is 0 Å². The predicted octanol–water partition coefficient (Wildman–Crippen LogP) is 17.5. The molecule has 0 aromatic heterocycles. The Morgan fingerprint density at radius 1 is 0.254 bits per heavy atom. The van der Waals surface area contributed by atoms with Gasteiger partial charge in [-0.05, 0) is 137 Å². The molecule has 0 aliphatic heterocycles. The van der Waals surface area contributed by atoms with Gasteiger partial charge in [-0.1, -0.05) is 212 Å². The highest BCUT2D eigenvalue weighted by Crippen LogP contribution is 2.42. The number of hydrogen-bond acceptors (Lipinski definition) is 1. The molecular weight excluding hydrogens is 759 g/mol. The summed E-state index contributed by atoms with van der Waals surface area (Å²) in [7, 11) is 0. The van der Waals surface area contributed by atoms with E-state index in [1.165, 1.54) is 4.90 Å². The van der Waals surface area contributed by atoms with Gasteiger partial charge in [-0.25, -0.2) is 0 Å². The Morgan fingerprint density at radius 3 is 1.40 bits per heavy atom. The molecule has 0 atom stereocenters. The van der Waals surface area contributed by atoms with E-state index < -0.39 is 24.2 Å². The second kappa shape index (κ2) is 16.7. The topological polar surface area (TPSA) is 3.24 Å². The number of rotatable bonds is 9. The zero-order chi connectivity index (χ0) is 48.9. The summed E-state index contributed by atoms with van der Waals surface area (Å²) in [4.78, 5) is 1.37. The SMILES string of the molecule is [2H]c1c([2H])c(N(c2ccc(-c3ccc4ccccc4c3)cc2)c2c([2H])c([2H])c(-c3ccc4ccccc4c3-c3ccccc3)c([2H])c2[2H])c([2H])c([2H])c1-c1ccc(-c2ccccc2)c(-c2ccccc2)c1. The third-order valence-electron chi connectivity index (χ3n) is 11.6.